The number of ether oxygens (including phenoxy) is 1. The van der Waals surface area contributed by atoms with Crippen LogP contribution >= 0.6 is 0 Å². The molecule has 2 aromatic carbocycles. The Morgan fingerprint density at radius 2 is 1.93 bits per heavy atom. The molecule has 2 aromatic heterocycles. The fourth-order valence-corrected chi connectivity index (χ4v) is 5.30. The number of hydrogen-bond acceptors (Lipinski definition) is 9. The van der Waals surface area contributed by atoms with Crippen LogP contribution in [-0.4, -0.2) is 58.5 Å². The fourth-order valence-electron chi connectivity index (χ4n) is 4.63. The van der Waals surface area contributed by atoms with E-state index in [9.17, 15) is 22.9 Å². The summed E-state index contributed by atoms with van der Waals surface area (Å²) in [6, 6.07) is 14.5. The van der Waals surface area contributed by atoms with Crippen molar-refractivity contribution in [2.24, 2.45) is 10.5 Å². The minimum Gasteiger partial charge on any atom is -0.507 e. The molecule has 4 rings (SSSR count). The van der Waals surface area contributed by atoms with Gasteiger partial charge in [0.15, 0.2) is 0 Å². The number of rotatable bonds is 15. The molecule has 1 amide bonds. The Morgan fingerprint density at radius 1 is 1.13 bits per heavy atom. The first-order chi connectivity index (χ1) is 21.5. The number of hydrazone groups is 1. The summed E-state index contributed by atoms with van der Waals surface area (Å²) in [5.41, 5.74) is 5.58. The number of H-pyrrole nitrogens is 1. The van der Waals surface area contributed by atoms with Crippen molar-refractivity contribution < 1.29 is 27.6 Å². The highest BCUT2D eigenvalue weighted by Crippen LogP contribution is 2.35. The Labute approximate surface area is 262 Å². The minimum atomic E-state index is -4.38. The molecule has 0 fully saturated rings. The molecule has 0 spiro atoms. The maximum atomic E-state index is 12.7. The number of hydrogen-bond donors (Lipinski definition) is 5. The smallest absolute Gasteiger partial charge is 0.295 e. The largest absolute Gasteiger partial charge is 0.507 e. The molecule has 0 radical (unpaired) electrons. The normalized spacial score (nSPS) is 11.9. The van der Waals surface area contributed by atoms with E-state index in [1.807, 2.05) is 19.1 Å². The number of phenolic OH excluding ortho intramolecular Hbond substituents is 1. The number of benzene rings is 2. The molecule has 0 atom stereocenters. The zero-order valence-electron chi connectivity index (χ0n) is 25.4. The van der Waals surface area contributed by atoms with Crippen molar-refractivity contribution in [3.05, 3.63) is 83.7 Å². The van der Waals surface area contributed by atoms with Crippen LogP contribution in [0.5, 0.6) is 11.5 Å². The average molecular weight is 635 g/mol. The van der Waals surface area contributed by atoms with Crippen LogP contribution in [-0.2, 0) is 16.5 Å². The van der Waals surface area contributed by atoms with E-state index in [2.05, 4.69) is 44.9 Å². The molecular formula is C32H38N6O6S. The lowest BCUT2D eigenvalue weighted by molar-refractivity contribution is 0.0933. The molecule has 13 heteroatoms. The van der Waals surface area contributed by atoms with Crippen molar-refractivity contribution >= 4 is 28.1 Å². The quantitative estimate of drug-likeness (QED) is 0.0493. The second-order valence-corrected chi connectivity index (χ2v) is 12.7. The summed E-state index contributed by atoms with van der Waals surface area (Å²) in [5, 5.41) is 24.3. The number of carbonyl (C=O) groups is 1. The van der Waals surface area contributed by atoms with Gasteiger partial charge >= 0.3 is 0 Å². The van der Waals surface area contributed by atoms with E-state index in [-0.39, 0.29) is 27.5 Å². The minimum absolute atomic E-state index is 0.137. The summed E-state index contributed by atoms with van der Waals surface area (Å²) in [6.07, 6.45) is 7.69. The van der Waals surface area contributed by atoms with Crippen molar-refractivity contribution in [1.29, 1.82) is 0 Å². The summed E-state index contributed by atoms with van der Waals surface area (Å²) in [6.45, 7) is 7.23. The van der Waals surface area contributed by atoms with Crippen LogP contribution in [0.1, 0.15) is 61.5 Å². The Balaban J connectivity index is 1.20. The topological polar surface area (TPSA) is 179 Å². The molecule has 5 N–H and O–H groups in total. The van der Waals surface area contributed by atoms with E-state index in [0.29, 0.717) is 35.8 Å². The Bertz CT molecular complexity index is 1720. The van der Waals surface area contributed by atoms with Gasteiger partial charge in [-0.05, 0) is 67.0 Å². The van der Waals surface area contributed by atoms with E-state index < -0.39 is 10.1 Å². The molecule has 0 aliphatic carbocycles. The summed E-state index contributed by atoms with van der Waals surface area (Å²) >= 11 is 0. The lowest BCUT2D eigenvalue weighted by atomic mass is 9.87. The van der Waals surface area contributed by atoms with E-state index in [1.54, 1.807) is 30.5 Å². The van der Waals surface area contributed by atoms with Crippen LogP contribution in [0.3, 0.4) is 0 Å². The molecule has 4 aromatic rings. The number of aromatic amines is 1. The van der Waals surface area contributed by atoms with Gasteiger partial charge in [-0.3, -0.25) is 19.9 Å². The third-order valence-electron chi connectivity index (χ3n) is 7.19. The number of phenols is 1. The van der Waals surface area contributed by atoms with Gasteiger partial charge in [0.05, 0.1) is 24.1 Å². The molecular weight excluding hydrogens is 596 g/mol. The Morgan fingerprint density at radius 3 is 2.62 bits per heavy atom. The van der Waals surface area contributed by atoms with Crippen molar-refractivity contribution in [1.82, 2.24) is 20.5 Å². The van der Waals surface area contributed by atoms with Crippen LogP contribution in [0.2, 0.25) is 0 Å². The predicted octanol–water partition coefficient (Wildman–Crippen LogP) is 5.44. The summed E-state index contributed by atoms with van der Waals surface area (Å²) in [4.78, 5) is 16.7. The van der Waals surface area contributed by atoms with Crippen LogP contribution < -0.4 is 15.5 Å². The zero-order valence-corrected chi connectivity index (χ0v) is 26.3. The highest BCUT2D eigenvalue weighted by atomic mass is 32.2. The molecule has 0 aliphatic heterocycles. The van der Waals surface area contributed by atoms with Gasteiger partial charge < -0.3 is 15.2 Å². The first kappa shape index (κ1) is 33.1. The molecule has 238 valence electrons. The number of carbonyl (C=O) groups excluding carboxylic acids is 1. The second-order valence-electron chi connectivity index (χ2n) is 11.3. The lowest BCUT2D eigenvalue weighted by Crippen LogP contribution is -2.34. The number of unbranched alkanes of at least 4 members (excludes halogenated alkanes) is 1. The zero-order chi connectivity index (χ0) is 32.5. The number of aromatic hydroxyl groups is 1. The number of aryl methyl sites for hydroxylation is 1. The van der Waals surface area contributed by atoms with Crippen molar-refractivity contribution in [2.45, 2.75) is 51.3 Å². The molecule has 2 heterocycles. The maximum Gasteiger partial charge on any atom is 0.295 e. The van der Waals surface area contributed by atoms with Crippen LogP contribution in [0, 0.1) is 5.41 Å². The van der Waals surface area contributed by atoms with E-state index >= 15 is 0 Å². The van der Waals surface area contributed by atoms with Crippen LogP contribution in [0.25, 0.3) is 11.3 Å². The number of pyridine rings is 1. The van der Waals surface area contributed by atoms with Gasteiger partial charge in [0.25, 0.3) is 16.0 Å². The highest BCUT2D eigenvalue weighted by molar-refractivity contribution is 7.86. The number of amides is 1. The molecule has 0 aliphatic rings. The summed E-state index contributed by atoms with van der Waals surface area (Å²) in [7, 11) is -4.38. The van der Waals surface area contributed by atoms with E-state index in [1.165, 1.54) is 30.6 Å². The maximum absolute atomic E-state index is 12.7. The summed E-state index contributed by atoms with van der Waals surface area (Å²) in [5.74, 6) is 0.915. The van der Waals surface area contributed by atoms with Crippen molar-refractivity contribution in [3.8, 4) is 22.8 Å². The second kappa shape index (κ2) is 14.8. The summed E-state index contributed by atoms with van der Waals surface area (Å²) < 4.78 is 38.4. The standard InChI is InChI=1S/C32H38N6O6S/c1-4-22-17-25(26-13-15-35-37-26)27(39)18-28(22)44-16-8-7-14-32(2,3)21-34-31(40)24-11-12-30(33-19-24)38-36-20-23-9-5-6-10-29(23)45(41,42)43/h5-6,9-13,15,17-20,39H,4,7-8,14,16,21H2,1-3H3,(H,33,38)(H,34,40)(H,35,37)(H,41,42,43)/b36-20+. The van der Waals surface area contributed by atoms with Crippen LogP contribution in [0.4, 0.5) is 5.82 Å². The van der Waals surface area contributed by atoms with Gasteiger partial charge in [0.2, 0.25) is 0 Å². The monoisotopic (exact) mass is 634 g/mol. The van der Waals surface area contributed by atoms with Gasteiger partial charge in [-0.15, -0.1) is 0 Å². The van der Waals surface area contributed by atoms with Gasteiger partial charge in [0.1, 0.15) is 22.2 Å². The van der Waals surface area contributed by atoms with E-state index in [4.69, 9.17) is 4.74 Å². The number of anilines is 1. The molecule has 45 heavy (non-hydrogen) atoms. The van der Waals surface area contributed by atoms with E-state index in [0.717, 1.165) is 36.9 Å². The first-order valence-corrected chi connectivity index (χ1v) is 16.0. The van der Waals surface area contributed by atoms with Gasteiger partial charge in [-0.2, -0.15) is 18.6 Å². The average Bonchev–Trinajstić information content (AvgIpc) is 3.55. The highest BCUT2D eigenvalue weighted by Gasteiger charge is 2.20. The molecule has 0 saturated heterocycles. The Hall–Kier alpha value is -4.75. The van der Waals surface area contributed by atoms with Crippen molar-refractivity contribution in [2.75, 3.05) is 18.6 Å². The van der Waals surface area contributed by atoms with Gasteiger partial charge in [-0.25, -0.2) is 4.98 Å². The van der Waals surface area contributed by atoms with Gasteiger partial charge in [-0.1, -0.05) is 39.0 Å². The molecule has 0 bridgehead atoms. The van der Waals surface area contributed by atoms with Gasteiger partial charge in [0, 0.05) is 36.1 Å². The number of aromatic nitrogens is 3. The predicted molar refractivity (Wildman–Crippen MR) is 172 cm³/mol. The molecule has 12 nitrogen and oxygen atoms in total. The first-order valence-electron chi connectivity index (χ1n) is 14.5. The lowest BCUT2D eigenvalue weighted by Gasteiger charge is -2.25. The number of nitrogens with one attached hydrogen (secondary N) is 3. The SMILES string of the molecule is CCc1cc(-c2ccn[nH]2)c(O)cc1OCCCCC(C)(C)CNC(=O)c1ccc(N/N=C/c2ccccc2S(=O)(=O)O)nc1. The third kappa shape index (κ3) is 9.37. The fraction of sp³-hybridized carbons (Fsp3) is 0.312. The van der Waals surface area contributed by atoms with Crippen LogP contribution in [0.15, 0.2) is 77.0 Å². The van der Waals surface area contributed by atoms with Crippen molar-refractivity contribution in [3.63, 3.8) is 0 Å². The molecule has 0 saturated carbocycles. The Kier molecular flexibility index (Phi) is 10.9. The third-order valence-corrected chi connectivity index (χ3v) is 8.12. The number of nitrogens with zero attached hydrogens (tertiary/aromatic N) is 3. The molecule has 0 unspecified atom stereocenters.